The molecule has 0 atom stereocenters. The molecule has 2 rings (SSSR count). The van der Waals surface area contributed by atoms with Crippen molar-refractivity contribution in [3.8, 4) is 0 Å². The highest BCUT2D eigenvalue weighted by Crippen LogP contribution is 2.33. The highest BCUT2D eigenvalue weighted by molar-refractivity contribution is 6.29. The van der Waals surface area contributed by atoms with Gasteiger partial charge in [-0.2, -0.15) is 13.2 Å². The van der Waals surface area contributed by atoms with Crippen LogP contribution >= 0.6 is 11.6 Å². The van der Waals surface area contributed by atoms with Gasteiger partial charge in [0.1, 0.15) is 5.88 Å². The molecule has 0 fully saturated rings. The summed E-state index contributed by atoms with van der Waals surface area (Å²) in [5, 5.41) is 2.67. The van der Waals surface area contributed by atoms with Crippen LogP contribution in [0.15, 0.2) is 48.5 Å². The number of anilines is 1. The summed E-state index contributed by atoms with van der Waals surface area (Å²) < 4.78 is 40.5. The first-order chi connectivity index (χ1) is 15.1. The molecule has 8 heteroatoms. The summed E-state index contributed by atoms with van der Waals surface area (Å²) in [4.78, 5) is 26.1. The minimum Gasteiger partial charge on any atom is -0.352 e. The maximum atomic E-state index is 13.5. The third-order valence-electron chi connectivity index (χ3n) is 4.94. The average molecular weight is 469 g/mol. The second-order valence-electron chi connectivity index (χ2n) is 7.97. The molecule has 0 saturated carbocycles. The molecule has 2 amide bonds. The van der Waals surface area contributed by atoms with E-state index in [-0.39, 0.29) is 29.6 Å². The van der Waals surface area contributed by atoms with Crippen LogP contribution < -0.4 is 10.2 Å². The molecule has 32 heavy (non-hydrogen) atoms. The van der Waals surface area contributed by atoms with E-state index in [2.05, 4.69) is 5.32 Å². The molecule has 0 radical (unpaired) electrons. The molecular weight excluding hydrogens is 441 g/mol. The zero-order valence-electron chi connectivity index (χ0n) is 18.2. The van der Waals surface area contributed by atoms with Crippen molar-refractivity contribution < 1.29 is 22.8 Å². The van der Waals surface area contributed by atoms with Crippen LogP contribution in [0.3, 0.4) is 0 Å². The number of aryl methyl sites for hydroxylation is 1. The molecule has 0 unspecified atom stereocenters. The number of amides is 2. The minimum atomic E-state index is -4.66. The SMILES string of the molecule is CC(C)CCN(C(=O)CCl)c1cc(C(=O)NCCCc2ccccc2)cc(C(F)(F)F)c1. The highest BCUT2D eigenvalue weighted by atomic mass is 35.5. The topological polar surface area (TPSA) is 49.4 Å². The molecule has 0 aromatic heterocycles. The largest absolute Gasteiger partial charge is 0.416 e. The molecule has 0 spiro atoms. The third-order valence-corrected chi connectivity index (χ3v) is 5.16. The lowest BCUT2D eigenvalue weighted by Gasteiger charge is -2.24. The maximum Gasteiger partial charge on any atom is 0.416 e. The summed E-state index contributed by atoms with van der Waals surface area (Å²) in [6.07, 6.45) is -2.69. The van der Waals surface area contributed by atoms with Crippen molar-refractivity contribution in [3.05, 3.63) is 65.2 Å². The lowest BCUT2D eigenvalue weighted by atomic mass is 10.1. The van der Waals surface area contributed by atoms with Gasteiger partial charge in [0.25, 0.3) is 5.91 Å². The van der Waals surface area contributed by atoms with Gasteiger partial charge >= 0.3 is 6.18 Å². The molecule has 2 aromatic rings. The molecular formula is C24H28ClF3N2O2. The molecule has 0 bridgehead atoms. The van der Waals surface area contributed by atoms with Crippen molar-refractivity contribution in [2.45, 2.75) is 39.3 Å². The molecule has 0 heterocycles. The lowest BCUT2D eigenvalue weighted by molar-refractivity contribution is -0.137. The first-order valence-electron chi connectivity index (χ1n) is 10.5. The number of alkyl halides is 4. The summed E-state index contributed by atoms with van der Waals surface area (Å²) in [5.74, 6) is -1.26. The van der Waals surface area contributed by atoms with E-state index in [1.807, 2.05) is 44.2 Å². The molecule has 0 saturated heterocycles. The maximum absolute atomic E-state index is 13.5. The van der Waals surface area contributed by atoms with Gasteiger partial charge in [0.15, 0.2) is 0 Å². The van der Waals surface area contributed by atoms with Crippen LogP contribution in [0.25, 0.3) is 0 Å². The zero-order chi connectivity index (χ0) is 23.7. The van der Waals surface area contributed by atoms with Crippen LogP contribution in [0.4, 0.5) is 18.9 Å². The predicted molar refractivity (Wildman–Crippen MR) is 121 cm³/mol. The van der Waals surface area contributed by atoms with Crippen molar-refractivity contribution in [3.63, 3.8) is 0 Å². The number of carbonyl (C=O) groups excluding carboxylic acids is 2. The Morgan fingerprint density at radius 1 is 1.09 bits per heavy atom. The van der Waals surface area contributed by atoms with E-state index in [1.165, 1.54) is 11.0 Å². The average Bonchev–Trinajstić information content (AvgIpc) is 2.76. The summed E-state index contributed by atoms with van der Waals surface area (Å²) >= 11 is 5.69. The number of nitrogens with zero attached hydrogens (tertiary/aromatic N) is 1. The van der Waals surface area contributed by atoms with Gasteiger partial charge in [0, 0.05) is 24.3 Å². The van der Waals surface area contributed by atoms with E-state index in [0.717, 1.165) is 24.1 Å². The van der Waals surface area contributed by atoms with Crippen molar-refractivity contribution in [2.75, 3.05) is 23.9 Å². The molecule has 0 aliphatic heterocycles. The fourth-order valence-electron chi connectivity index (χ4n) is 3.16. The monoisotopic (exact) mass is 468 g/mol. The van der Waals surface area contributed by atoms with E-state index < -0.39 is 23.6 Å². The number of nitrogens with one attached hydrogen (secondary N) is 1. The van der Waals surface area contributed by atoms with Gasteiger partial charge < -0.3 is 10.2 Å². The smallest absolute Gasteiger partial charge is 0.352 e. The van der Waals surface area contributed by atoms with Crippen LogP contribution in [0.5, 0.6) is 0 Å². The number of halogens is 4. The molecule has 4 nitrogen and oxygen atoms in total. The van der Waals surface area contributed by atoms with Gasteiger partial charge in [-0.3, -0.25) is 9.59 Å². The van der Waals surface area contributed by atoms with Gasteiger partial charge in [-0.15, -0.1) is 11.6 Å². The summed E-state index contributed by atoms with van der Waals surface area (Å²) in [7, 11) is 0. The zero-order valence-corrected chi connectivity index (χ0v) is 19.0. The summed E-state index contributed by atoms with van der Waals surface area (Å²) in [5.41, 5.74) is -0.00291. The van der Waals surface area contributed by atoms with Crippen molar-refractivity contribution >= 4 is 29.1 Å². The van der Waals surface area contributed by atoms with Gasteiger partial charge in [-0.25, -0.2) is 0 Å². The molecule has 1 N–H and O–H groups in total. The van der Waals surface area contributed by atoms with Crippen molar-refractivity contribution in [1.29, 1.82) is 0 Å². The quantitative estimate of drug-likeness (QED) is 0.360. The normalized spacial score (nSPS) is 11.5. The number of rotatable bonds is 10. The van der Waals surface area contributed by atoms with Crippen LogP contribution in [0.1, 0.15) is 48.2 Å². The van der Waals surface area contributed by atoms with Crippen LogP contribution in [0.2, 0.25) is 0 Å². The number of hydrogen-bond donors (Lipinski definition) is 1. The molecule has 0 aliphatic rings. The minimum absolute atomic E-state index is 0.0144. The fraction of sp³-hybridized carbons (Fsp3) is 0.417. The van der Waals surface area contributed by atoms with Crippen LogP contribution in [-0.4, -0.2) is 30.8 Å². The standard InChI is InChI=1S/C24H28ClF3N2O2/c1-17(2)10-12-30(22(31)16-25)21-14-19(13-20(15-21)24(26,27)28)23(32)29-11-6-9-18-7-4-3-5-8-18/h3-5,7-8,13-15,17H,6,9-12,16H2,1-2H3,(H,29,32). The van der Waals surface area contributed by atoms with Gasteiger partial charge in [-0.1, -0.05) is 44.2 Å². The Hall–Kier alpha value is -2.54. The Balaban J connectivity index is 2.21. The Morgan fingerprint density at radius 3 is 2.38 bits per heavy atom. The summed E-state index contributed by atoms with van der Waals surface area (Å²) in [6.45, 7) is 4.42. The van der Waals surface area contributed by atoms with Gasteiger partial charge in [0.05, 0.1) is 5.56 Å². The first-order valence-corrected chi connectivity index (χ1v) is 11.1. The Kier molecular flexibility index (Phi) is 9.57. The van der Waals surface area contributed by atoms with Gasteiger partial charge in [-0.05, 0) is 48.9 Å². The first kappa shape index (κ1) is 25.7. The van der Waals surface area contributed by atoms with Crippen molar-refractivity contribution in [1.82, 2.24) is 5.32 Å². The number of carbonyl (C=O) groups is 2. The molecule has 174 valence electrons. The second kappa shape index (κ2) is 11.9. The Bertz CT molecular complexity index is 902. The highest BCUT2D eigenvalue weighted by Gasteiger charge is 2.33. The summed E-state index contributed by atoms with van der Waals surface area (Å²) in [6, 6.07) is 12.7. The van der Waals surface area contributed by atoms with E-state index >= 15 is 0 Å². The van der Waals surface area contributed by atoms with Crippen LogP contribution in [0, 0.1) is 5.92 Å². The predicted octanol–water partition coefficient (Wildman–Crippen LogP) is 5.69. The van der Waals surface area contributed by atoms with Gasteiger partial charge in [0.2, 0.25) is 5.91 Å². The van der Waals surface area contributed by atoms with E-state index in [0.29, 0.717) is 19.4 Å². The van der Waals surface area contributed by atoms with Crippen molar-refractivity contribution in [2.24, 2.45) is 5.92 Å². The van der Waals surface area contributed by atoms with E-state index in [1.54, 1.807) is 0 Å². The molecule has 0 aliphatic carbocycles. The molecule has 2 aromatic carbocycles. The number of benzene rings is 2. The van der Waals surface area contributed by atoms with E-state index in [4.69, 9.17) is 11.6 Å². The number of hydrogen-bond acceptors (Lipinski definition) is 2. The van der Waals surface area contributed by atoms with Crippen LogP contribution in [-0.2, 0) is 17.4 Å². The Morgan fingerprint density at radius 2 is 1.78 bits per heavy atom. The Labute approximate surface area is 191 Å². The second-order valence-corrected chi connectivity index (χ2v) is 8.24. The lowest BCUT2D eigenvalue weighted by Crippen LogP contribution is -2.34. The fourth-order valence-corrected chi connectivity index (χ4v) is 3.30. The van der Waals surface area contributed by atoms with E-state index in [9.17, 15) is 22.8 Å². The third kappa shape index (κ3) is 7.86.